The maximum atomic E-state index is 10.2. The summed E-state index contributed by atoms with van der Waals surface area (Å²) >= 11 is 1.61. The Labute approximate surface area is 215 Å². The molecule has 6 heteroatoms. The lowest BCUT2D eigenvalue weighted by Gasteiger charge is -2.35. The van der Waals surface area contributed by atoms with E-state index >= 15 is 0 Å². The molecule has 0 amide bonds. The number of hydrogen-bond acceptors (Lipinski definition) is 6. The molecule has 5 nitrogen and oxygen atoms in total. The van der Waals surface area contributed by atoms with Crippen molar-refractivity contribution in [1.82, 2.24) is 0 Å². The van der Waals surface area contributed by atoms with Crippen LogP contribution in [-0.4, -0.2) is 19.8 Å². The van der Waals surface area contributed by atoms with E-state index in [1.807, 2.05) is 12.1 Å². The normalized spacial score (nSPS) is 11.9. The van der Waals surface area contributed by atoms with Crippen molar-refractivity contribution in [2.45, 2.75) is 88.3 Å². The van der Waals surface area contributed by atoms with Gasteiger partial charge in [0.15, 0.2) is 11.5 Å². The fourth-order valence-corrected chi connectivity index (χ4v) is 5.56. The van der Waals surface area contributed by atoms with E-state index in [9.17, 15) is 10.5 Å². The number of para-hydroxylation sites is 1. The molecule has 0 saturated heterocycles. The molecular weight excluding hydrogens is 454 g/mol. The summed E-state index contributed by atoms with van der Waals surface area (Å²) < 4.78 is 12.6. The average molecular weight is 492 g/mol. The van der Waals surface area contributed by atoms with Gasteiger partial charge in [-0.3, -0.25) is 0 Å². The van der Waals surface area contributed by atoms with Gasteiger partial charge in [-0.05, 0) is 31.4 Å². The second-order valence-corrected chi connectivity index (χ2v) is 9.90. The third kappa shape index (κ3) is 6.24. The quantitative estimate of drug-likeness (QED) is 0.247. The zero-order valence-electron chi connectivity index (χ0n) is 21.4. The smallest absolute Gasteiger partial charge is 0.163 e. The molecule has 0 atom stereocenters. The first-order valence-electron chi connectivity index (χ1n) is 13.1. The minimum atomic E-state index is 0.284. The number of nitriles is 2. The molecule has 0 fully saturated rings. The first-order valence-corrected chi connectivity index (χ1v) is 13.9. The van der Waals surface area contributed by atoms with Crippen LogP contribution in [0.1, 0.15) is 89.7 Å². The van der Waals surface area contributed by atoms with Crippen LogP contribution in [0.15, 0.2) is 34.1 Å². The predicted octanol–water partition coefficient (Wildman–Crippen LogP) is 8.36. The third-order valence-electron chi connectivity index (χ3n) is 6.14. The average Bonchev–Trinajstić information content (AvgIpc) is 2.88. The highest BCUT2D eigenvalue weighted by Crippen LogP contribution is 2.57. The van der Waals surface area contributed by atoms with Crippen LogP contribution >= 0.6 is 11.8 Å². The summed E-state index contributed by atoms with van der Waals surface area (Å²) in [4.78, 5) is 4.24. The molecule has 35 heavy (non-hydrogen) atoms. The molecule has 0 radical (unpaired) electrons. The van der Waals surface area contributed by atoms with E-state index in [0.717, 1.165) is 85.5 Å². The highest BCUT2D eigenvalue weighted by atomic mass is 32.2. The molecule has 0 spiro atoms. The van der Waals surface area contributed by atoms with E-state index < -0.39 is 0 Å². The Kier molecular flexibility index (Phi) is 10.6. The van der Waals surface area contributed by atoms with Crippen LogP contribution in [0.25, 0.3) is 0 Å². The lowest BCUT2D eigenvalue weighted by molar-refractivity contribution is 0.290. The molecule has 2 aromatic rings. The summed E-state index contributed by atoms with van der Waals surface area (Å²) in [5, 5.41) is 20.3. The summed E-state index contributed by atoms with van der Waals surface area (Å²) in [5.74, 6) is 1.04. The highest BCUT2D eigenvalue weighted by Gasteiger charge is 2.34. The first-order chi connectivity index (χ1) is 17.2. The summed E-state index contributed by atoms with van der Waals surface area (Å²) in [5.41, 5.74) is 2.54. The van der Waals surface area contributed by atoms with Crippen molar-refractivity contribution in [1.29, 1.82) is 10.5 Å². The van der Waals surface area contributed by atoms with Crippen molar-refractivity contribution < 1.29 is 9.47 Å². The van der Waals surface area contributed by atoms with Gasteiger partial charge in [0.25, 0.3) is 0 Å². The van der Waals surface area contributed by atoms with Crippen molar-refractivity contribution in [3.8, 4) is 23.6 Å². The fourth-order valence-electron chi connectivity index (χ4n) is 4.36. The molecule has 0 bridgehead atoms. The van der Waals surface area contributed by atoms with Gasteiger partial charge in [-0.2, -0.15) is 10.5 Å². The SMILES string of the molecule is CCCCCCOc1c(C#N)c(C#N)c(OCCCCCC)c2c1Sc1ccccc1N2CCC. The predicted molar refractivity (Wildman–Crippen MR) is 143 cm³/mol. The van der Waals surface area contributed by atoms with Crippen molar-refractivity contribution in [3.05, 3.63) is 35.4 Å². The van der Waals surface area contributed by atoms with Gasteiger partial charge in [0.05, 0.1) is 23.8 Å². The second-order valence-electron chi connectivity index (χ2n) is 8.85. The number of benzene rings is 2. The Morgan fingerprint density at radius 1 is 0.771 bits per heavy atom. The molecule has 186 valence electrons. The fraction of sp³-hybridized carbons (Fsp3) is 0.517. The van der Waals surface area contributed by atoms with Crippen LogP contribution in [0.4, 0.5) is 11.4 Å². The maximum Gasteiger partial charge on any atom is 0.163 e. The zero-order chi connectivity index (χ0) is 25.0. The molecule has 3 rings (SSSR count). The molecule has 0 unspecified atom stereocenters. The Morgan fingerprint density at radius 3 is 1.97 bits per heavy atom. The van der Waals surface area contributed by atoms with Gasteiger partial charge in [-0.1, -0.05) is 83.2 Å². The molecule has 2 aromatic carbocycles. The third-order valence-corrected chi connectivity index (χ3v) is 7.29. The summed E-state index contributed by atoms with van der Waals surface area (Å²) in [6, 6.07) is 12.9. The van der Waals surface area contributed by atoms with Crippen LogP contribution in [0.3, 0.4) is 0 Å². The molecular formula is C29H37N3O2S. The Bertz CT molecular complexity index is 1070. The van der Waals surface area contributed by atoms with Gasteiger partial charge in [-0.25, -0.2) is 0 Å². The van der Waals surface area contributed by atoms with E-state index in [-0.39, 0.29) is 11.1 Å². The van der Waals surface area contributed by atoms with Gasteiger partial charge in [-0.15, -0.1) is 0 Å². The largest absolute Gasteiger partial charge is 0.491 e. The van der Waals surface area contributed by atoms with Gasteiger partial charge < -0.3 is 14.4 Å². The number of ether oxygens (including phenoxy) is 2. The molecule has 1 aliphatic heterocycles. The van der Waals surface area contributed by atoms with E-state index in [4.69, 9.17) is 9.47 Å². The molecule has 0 aromatic heterocycles. The van der Waals surface area contributed by atoms with E-state index in [1.165, 1.54) is 0 Å². The van der Waals surface area contributed by atoms with E-state index in [2.05, 4.69) is 49.9 Å². The number of anilines is 2. The Balaban J connectivity index is 2.12. The van der Waals surface area contributed by atoms with Crippen LogP contribution < -0.4 is 14.4 Å². The molecule has 0 aliphatic carbocycles. The molecule has 0 N–H and O–H groups in total. The Morgan fingerprint density at radius 2 is 1.37 bits per heavy atom. The lowest BCUT2D eigenvalue weighted by Crippen LogP contribution is -2.24. The number of nitrogens with zero attached hydrogens (tertiary/aromatic N) is 3. The van der Waals surface area contributed by atoms with Crippen molar-refractivity contribution in [2.24, 2.45) is 0 Å². The number of rotatable bonds is 14. The van der Waals surface area contributed by atoms with Crippen LogP contribution in [-0.2, 0) is 0 Å². The topological polar surface area (TPSA) is 69.3 Å². The Hall–Kier alpha value is -2.83. The van der Waals surface area contributed by atoms with Crippen LogP contribution in [0.2, 0.25) is 0 Å². The monoisotopic (exact) mass is 491 g/mol. The zero-order valence-corrected chi connectivity index (χ0v) is 22.2. The first kappa shape index (κ1) is 26.8. The van der Waals surface area contributed by atoms with Crippen molar-refractivity contribution in [2.75, 3.05) is 24.7 Å². The van der Waals surface area contributed by atoms with Gasteiger partial charge in [0, 0.05) is 11.4 Å². The van der Waals surface area contributed by atoms with E-state index in [1.54, 1.807) is 11.8 Å². The minimum Gasteiger partial charge on any atom is -0.491 e. The maximum absolute atomic E-state index is 10.2. The van der Waals surface area contributed by atoms with Gasteiger partial charge in [0.2, 0.25) is 0 Å². The van der Waals surface area contributed by atoms with Crippen molar-refractivity contribution >= 4 is 23.1 Å². The lowest BCUT2D eigenvalue weighted by atomic mass is 10.0. The number of unbranched alkanes of at least 4 members (excludes halogenated alkanes) is 6. The second kappa shape index (κ2) is 13.9. The van der Waals surface area contributed by atoms with Crippen molar-refractivity contribution in [3.63, 3.8) is 0 Å². The molecule has 1 aliphatic rings. The van der Waals surface area contributed by atoms with E-state index in [0.29, 0.717) is 24.7 Å². The standard InChI is InChI=1S/C29H37N3O2S/c1-4-7-9-13-18-33-27-22(20-30)23(21-31)28(34-19-14-10-8-5-2)29-26(27)32(17-6-3)24-15-11-12-16-25(24)35-29/h11-12,15-16H,4-10,13-14,17-19H2,1-3H3. The van der Waals surface area contributed by atoms with Gasteiger partial charge in [0.1, 0.15) is 29.0 Å². The van der Waals surface area contributed by atoms with Crippen LogP contribution in [0.5, 0.6) is 11.5 Å². The van der Waals surface area contributed by atoms with Crippen LogP contribution in [0, 0.1) is 22.7 Å². The van der Waals surface area contributed by atoms with Gasteiger partial charge >= 0.3 is 0 Å². The highest BCUT2D eigenvalue weighted by molar-refractivity contribution is 7.99. The summed E-state index contributed by atoms with van der Waals surface area (Å²) in [6.45, 7) is 8.34. The summed E-state index contributed by atoms with van der Waals surface area (Å²) in [6.07, 6.45) is 9.57. The minimum absolute atomic E-state index is 0.284. The summed E-state index contributed by atoms with van der Waals surface area (Å²) in [7, 11) is 0. The number of hydrogen-bond donors (Lipinski definition) is 0. The molecule has 1 heterocycles. The number of fused-ring (bicyclic) bond motifs is 2. The molecule has 0 saturated carbocycles.